The van der Waals surface area contributed by atoms with E-state index in [1.165, 1.54) is 24.4 Å². The zero-order valence-corrected chi connectivity index (χ0v) is 9.83. The summed E-state index contributed by atoms with van der Waals surface area (Å²) in [5.41, 5.74) is 4.96. The third kappa shape index (κ3) is 2.51. The van der Waals surface area contributed by atoms with Gasteiger partial charge in [0.1, 0.15) is 10.7 Å². The van der Waals surface area contributed by atoms with E-state index in [-0.39, 0.29) is 15.6 Å². The van der Waals surface area contributed by atoms with Crippen molar-refractivity contribution in [2.75, 3.05) is 5.32 Å². The molecule has 0 saturated heterocycles. The maximum atomic E-state index is 13.3. The highest BCUT2D eigenvalue weighted by molar-refractivity contribution is 7.17. The molecule has 0 fully saturated rings. The van der Waals surface area contributed by atoms with Crippen LogP contribution >= 0.6 is 11.3 Å². The summed E-state index contributed by atoms with van der Waals surface area (Å²) in [7, 11) is 0. The van der Waals surface area contributed by atoms with Crippen molar-refractivity contribution in [3.63, 3.8) is 0 Å². The molecule has 5 nitrogen and oxygen atoms in total. The molecule has 92 valence electrons. The summed E-state index contributed by atoms with van der Waals surface area (Å²) in [4.78, 5) is 26.6. The van der Waals surface area contributed by atoms with E-state index in [4.69, 9.17) is 5.73 Å². The van der Waals surface area contributed by atoms with Crippen LogP contribution in [0.15, 0.2) is 30.5 Å². The Balaban J connectivity index is 2.16. The highest BCUT2D eigenvalue weighted by Crippen LogP contribution is 2.18. The van der Waals surface area contributed by atoms with Crippen LogP contribution in [0.3, 0.4) is 0 Å². The molecule has 2 rings (SSSR count). The molecule has 2 aromatic rings. The summed E-state index contributed by atoms with van der Waals surface area (Å²) >= 11 is 0.930. The molecular weight excluding hydrogens is 257 g/mol. The summed E-state index contributed by atoms with van der Waals surface area (Å²) in [5, 5.41) is 2.59. The van der Waals surface area contributed by atoms with Gasteiger partial charge in [-0.3, -0.25) is 14.9 Å². The van der Waals surface area contributed by atoms with E-state index in [2.05, 4.69) is 10.3 Å². The van der Waals surface area contributed by atoms with Gasteiger partial charge >= 0.3 is 0 Å². The lowest BCUT2D eigenvalue weighted by Crippen LogP contribution is -2.13. The molecule has 3 N–H and O–H groups in total. The zero-order chi connectivity index (χ0) is 13.1. The number of halogens is 1. The van der Waals surface area contributed by atoms with Gasteiger partial charge in [-0.15, -0.1) is 0 Å². The van der Waals surface area contributed by atoms with E-state index in [0.29, 0.717) is 0 Å². The van der Waals surface area contributed by atoms with Crippen LogP contribution < -0.4 is 11.1 Å². The van der Waals surface area contributed by atoms with Crippen LogP contribution in [0.25, 0.3) is 0 Å². The van der Waals surface area contributed by atoms with Gasteiger partial charge in [0.15, 0.2) is 5.13 Å². The molecule has 1 aromatic heterocycles. The van der Waals surface area contributed by atoms with Crippen molar-refractivity contribution in [1.29, 1.82) is 0 Å². The maximum Gasteiger partial charge on any atom is 0.260 e. The maximum absolute atomic E-state index is 13.3. The molecule has 0 radical (unpaired) electrons. The lowest BCUT2D eigenvalue weighted by molar-refractivity contribution is 0.1000. The zero-order valence-electron chi connectivity index (χ0n) is 9.01. The smallest absolute Gasteiger partial charge is 0.260 e. The van der Waals surface area contributed by atoms with Crippen LogP contribution in [0.2, 0.25) is 0 Å². The van der Waals surface area contributed by atoms with E-state index in [1.807, 2.05) is 0 Å². The molecule has 0 saturated carbocycles. The molecule has 0 aliphatic rings. The summed E-state index contributed by atoms with van der Waals surface area (Å²) < 4.78 is 13.3. The van der Waals surface area contributed by atoms with Crippen molar-refractivity contribution in [2.45, 2.75) is 0 Å². The first-order chi connectivity index (χ1) is 8.58. The van der Waals surface area contributed by atoms with E-state index in [1.54, 1.807) is 6.07 Å². The Labute approximate surface area is 105 Å². The number of nitrogens with two attached hydrogens (primary N) is 1. The predicted octanol–water partition coefficient (Wildman–Crippen LogP) is 1.63. The fourth-order valence-corrected chi connectivity index (χ4v) is 1.92. The van der Waals surface area contributed by atoms with Crippen molar-refractivity contribution in [3.8, 4) is 0 Å². The van der Waals surface area contributed by atoms with Crippen LogP contribution in [-0.4, -0.2) is 16.8 Å². The van der Waals surface area contributed by atoms with Gasteiger partial charge in [-0.05, 0) is 12.1 Å². The third-order valence-corrected chi connectivity index (χ3v) is 3.01. The largest absolute Gasteiger partial charge is 0.365 e. The quantitative estimate of drug-likeness (QED) is 0.884. The highest BCUT2D eigenvalue weighted by atomic mass is 32.1. The van der Waals surface area contributed by atoms with E-state index >= 15 is 0 Å². The number of hydrogen-bond donors (Lipinski definition) is 2. The molecule has 1 heterocycles. The second-order valence-corrected chi connectivity index (χ2v) is 4.36. The number of nitrogens with zero attached hydrogens (tertiary/aromatic N) is 1. The summed E-state index contributed by atoms with van der Waals surface area (Å²) in [6.45, 7) is 0. The number of carbonyl (C=O) groups is 2. The van der Waals surface area contributed by atoms with Crippen molar-refractivity contribution in [3.05, 3.63) is 46.7 Å². The second kappa shape index (κ2) is 4.92. The van der Waals surface area contributed by atoms with Gasteiger partial charge in [-0.25, -0.2) is 9.37 Å². The number of primary amides is 1. The van der Waals surface area contributed by atoms with Gasteiger partial charge in [-0.2, -0.15) is 0 Å². The number of carbonyl (C=O) groups excluding carboxylic acids is 2. The third-order valence-electron chi connectivity index (χ3n) is 2.09. The number of rotatable bonds is 3. The monoisotopic (exact) mass is 265 g/mol. The van der Waals surface area contributed by atoms with Gasteiger partial charge < -0.3 is 5.73 Å². The summed E-state index contributed by atoms with van der Waals surface area (Å²) in [5.74, 6) is -1.88. The van der Waals surface area contributed by atoms with E-state index < -0.39 is 17.6 Å². The Hall–Kier alpha value is -2.28. The van der Waals surface area contributed by atoms with E-state index in [9.17, 15) is 14.0 Å². The highest BCUT2D eigenvalue weighted by Gasteiger charge is 2.13. The minimum absolute atomic E-state index is 0.0895. The van der Waals surface area contributed by atoms with Crippen molar-refractivity contribution >= 4 is 28.3 Å². The molecule has 0 aliphatic carbocycles. The lowest BCUT2D eigenvalue weighted by Gasteiger charge is -2.02. The first kappa shape index (κ1) is 12.2. The van der Waals surface area contributed by atoms with Gasteiger partial charge in [-0.1, -0.05) is 23.5 Å². The predicted molar refractivity (Wildman–Crippen MR) is 65.0 cm³/mol. The van der Waals surface area contributed by atoms with Crippen LogP contribution in [0.5, 0.6) is 0 Å². The molecule has 2 amide bonds. The fourth-order valence-electron chi connectivity index (χ4n) is 1.26. The van der Waals surface area contributed by atoms with Crippen LogP contribution in [0, 0.1) is 5.82 Å². The topological polar surface area (TPSA) is 85.1 Å². The minimum Gasteiger partial charge on any atom is -0.365 e. The first-order valence-corrected chi connectivity index (χ1v) is 5.71. The second-order valence-electron chi connectivity index (χ2n) is 3.33. The number of benzene rings is 1. The number of hydrogen-bond acceptors (Lipinski definition) is 4. The minimum atomic E-state index is -0.626. The SMILES string of the molecule is NC(=O)c1cnc(NC(=O)c2ccccc2F)s1. The normalized spacial score (nSPS) is 10.1. The number of aromatic nitrogens is 1. The van der Waals surface area contributed by atoms with Crippen LogP contribution in [0.4, 0.5) is 9.52 Å². The fraction of sp³-hybridized carbons (Fsp3) is 0. The molecular formula is C11H8FN3O2S. The molecule has 1 aromatic carbocycles. The van der Waals surface area contributed by atoms with Gasteiger partial charge in [0.25, 0.3) is 11.8 Å². The molecule has 0 atom stereocenters. The number of thiazole rings is 1. The Morgan fingerprint density at radius 1 is 1.33 bits per heavy atom. The van der Waals surface area contributed by atoms with Gasteiger partial charge in [0, 0.05) is 0 Å². The molecule has 0 bridgehead atoms. The summed E-state index contributed by atoms with van der Waals surface area (Å²) in [6.07, 6.45) is 1.25. The first-order valence-electron chi connectivity index (χ1n) is 4.89. The molecule has 18 heavy (non-hydrogen) atoms. The van der Waals surface area contributed by atoms with Crippen LogP contribution in [-0.2, 0) is 0 Å². The average Bonchev–Trinajstić information content (AvgIpc) is 2.78. The Kier molecular flexibility index (Phi) is 3.33. The number of nitrogens with one attached hydrogen (secondary N) is 1. The van der Waals surface area contributed by atoms with E-state index in [0.717, 1.165) is 11.3 Å². The van der Waals surface area contributed by atoms with Crippen molar-refractivity contribution in [2.24, 2.45) is 5.73 Å². The standard InChI is InChI=1S/C11H8FN3O2S/c12-7-4-2-1-3-6(7)10(17)15-11-14-5-8(18-11)9(13)16/h1-5H,(H2,13,16)(H,14,15,17). The Morgan fingerprint density at radius 3 is 2.67 bits per heavy atom. The Bertz CT molecular complexity index is 612. The molecule has 0 aliphatic heterocycles. The van der Waals surface area contributed by atoms with Crippen LogP contribution in [0.1, 0.15) is 20.0 Å². The van der Waals surface area contributed by atoms with Crippen molar-refractivity contribution < 1.29 is 14.0 Å². The molecule has 0 unspecified atom stereocenters. The average molecular weight is 265 g/mol. The molecule has 7 heteroatoms. The van der Waals surface area contributed by atoms with Gasteiger partial charge in [0.05, 0.1) is 11.8 Å². The Morgan fingerprint density at radius 2 is 2.06 bits per heavy atom. The van der Waals surface area contributed by atoms with Crippen molar-refractivity contribution in [1.82, 2.24) is 4.98 Å². The number of amides is 2. The summed E-state index contributed by atoms with van der Waals surface area (Å²) in [6, 6.07) is 5.58. The molecule has 0 spiro atoms. The lowest BCUT2D eigenvalue weighted by atomic mass is 10.2. The number of anilines is 1. The van der Waals surface area contributed by atoms with Gasteiger partial charge in [0.2, 0.25) is 0 Å².